The van der Waals surface area contributed by atoms with E-state index in [1.165, 1.54) is 6.07 Å². The van der Waals surface area contributed by atoms with Gasteiger partial charge in [-0.1, -0.05) is 6.07 Å². The van der Waals surface area contributed by atoms with Gasteiger partial charge in [0.2, 0.25) is 0 Å². The smallest absolute Gasteiger partial charge is 0.292 e. The molecule has 2 rings (SSSR count). The molecule has 0 bridgehead atoms. The molecule has 21 heavy (non-hydrogen) atoms. The van der Waals surface area contributed by atoms with Crippen LogP contribution >= 0.6 is 0 Å². The normalized spacial score (nSPS) is 18.0. The summed E-state index contributed by atoms with van der Waals surface area (Å²) >= 11 is 0. The highest BCUT2D eigenvalue weighted by atomic mass is 16.6. The van der Waals surface area contributed by atoms with Gasteiger partial charge in [0.25, 0.3) is 5.69 Å². The van der Waals surface area contributed by atoms with Crippen molar-refractivity contribution in [2.45, 2.75) is 31.9 Å². The van der Waals surface area contributed by atoms with E-state index in [1.54, 1.807) is 19.1 Å². The van der Waals surface area contributed by atoms with Crippen molar-refractivity contribution in [2.75, 3.05) is 32.1 Å². The van der Waals surface area contributed by atoms with Gasteiger partial charge in [0.1, 0.15) is 5.69 Å². The molecule has 0 spiro atoms. The molecule has 0 amide bonds. The number of nitro benzene ring substituents is 1. The van der Waals surface area contributed by atoms with Crippen molar-refractivity contribution in [1.82, 2.24) is 4.90 Å². The Bertz CT molecular complexity index is 509. The molecule has 6 nitrogen and oxygen atoms in total. The minimum Gasteiger partial charge on any atom is -0.389 e. The van der Waals surface area contributed by atoms with Gasteiger partial charge in [-0.05, 0) is 45.5 Å². The lowest BCUT2D eigenvalue weighted by atomic mass is 10.0. The van der Waals surface area contributed by atoms with Gasteiger partial charge < -0.3 is 14.9 Å². The van der Waals surface area contributed by atoms with Crippen LogP contribution in [0.25, 0.3) is 0 Å². The van der Waals surface area contributed by atoms with Crippen LogP contribution in [0.1, 0.15) is 31.4 Å². The highest BCUT2D eigenvalue weighted by Crippen LogP contribution is 2.33. The summed E-state index contributed by atoms with van der Waals surface area (Å²) in [5.74, 6) is 0. The van der Waals surface area contributed by atoms with Crippen LogP contribution in [0.5, 0.6) is 0 Å². The van der Waals surface area contributed by atoms with Crippen molar-refractivity contribution in [3.8, 4) is 0 Å². The number of hydrogen-bond acceptors (Lipinski definition) is 5. The molecule has 1 atom stereocenters. The van der Waals surface area contributed by atoms with Crippen molar-refractivity contribution < 1.29 is 10.0 Å². The third kappa shape index (κ3) is 3.51. The van der Waals surface area contributed by atoms with Gasteiger partial charge in [0, 0.05) is 25.2 Å². The number of rotatable bonds is 4. The molecule has 0 aliphatic carbocycles. The lowest BCUT2D eigenvalue weighted by molar-refractivity contribution is -0.384. The molecular weight excluding hydrogens is 270 g/mol. The summed E-state index contributed by atoms with van der Waals surface area (Å²) in [6.45, 7) is 3.25. The standard InChI is InChI=1S/C15H23N3O3/c1-11(19)12-4-5-14(15(10-12)18(20)21)17-8-6-13(7-9-17)16(2)3/h4-5,10-11,13,19H,6-9H2,1-3H3/t11-/m1/s1. The molecule has 1 aliphatic heterocycles. The first-order chi connectivity index (χ1) is 9.90. The van der Waals surface area contributed by atoms with E-state index in [0.717, 1.165) is 25.9 Å². The minimum atomic E-state index is -0.697. The average molecular weight is 293 g/mol. The first kappa shape index (κ1) is 15.7. The van der Waals surface area contributed by atoms with Crippen LogP contribution in [0.2, 0.25) is 0 Å². The van der Waals surface area contributed by atoms with Gasteiger partial charge >= 0.3 is 0 Å². The molecule has 0 aromatic heterocycles. The van der Waals surface area contributed by atoms with E-state index in [9.17, 15) is 15.2 Å². The van der Waals surface area contributed by atoms with Gasteiger partial charge in [-0.2, -0.15) is 0 Å². The number of benzene rings is 1. The van der Waals surface area contributed by atoms with Crippen molar-refractivity contribution in [3.05, 3.63) is 33.9 Å². The zero-order valence-electron chi connectivity index (χ0n) is 12.8. The first-order valence-corrected chi connectivity index (χ1v) is 7.28. The molecule has 1 N–H and O–H groups in total. The largest absolute Gasteiger partial charge is 0.389 e. The summed E-state index contributed by atoms with van der Waals surface area (Å²) < 4.78 is 0. The molecule has 1 aromatic rings. The number of nitro groups is 1. The topological polar surface area (TPSA) is 69.8 Å². The number of hydrogen-bond donors (Lipinski definition) is 1. The summed E-state index contributed by atoms with van der Waals surface area (Å²) in [5.41, 5.74) is 1.31. The molecule has 1 heterocycles. The van der Waals surface area contributed by atoms with Crippen LogP contribution in [0, 0.1) is 10.1 Å². The summed E-state index contributed by atoms with van der Waals surface area (Å²) in [6.07, 6.45) is 1.31. The maximum atomic E-state index is 11.3. The summed E-state index contributed by atoms with van der Waals surface area (Å²) in [7, 11) is 4.14. The molecule has 0 unspecified atom stereocenters. The third-order valence-electron chi connectivity index (χ3n) is 4.21. The Labute approximate surface area is 125 Å². The number of anilines is 1. The summed E-state index contributed by atoms with van der Waals surface area (Å²) in [5, 5.41) is 20.9. The monoisotopic (exact) mass is 293 g/mol. The highest BCUT2D eigenvalue weighted by Gasteiger charge is 2.26. The molecule has 1 aliphatic rings. The lowest BCUT2D eigenvalue weighted by Gasteiger charge is -2.36. The number of nitrogens with zero attached hydrogens (tertiary/aromatic N) is 3. The molecule has 1 saturated heterocycles. The fraction of sp³-hybridized carbons (Fsp3) is 0.600. The predicted molar refractivity (Wildman–Crippen MR) is 82.7 cm³/mol. The Morgan fingerprint density at radius 1 is 1.38 bits per heavy atom. The van der Waals surface area contributed by atoms with Crippen LogP contribution in [-0.2, 0) is 0 Å². The molecule has 6 heteroatoms. The molecule has 116 valence electrons. The van der Waals surface area contributed by atoms with Crippen molar-refractivity contribution in [2.24, 2.45) is 0 Å². The van der Waals surface area contributed by atoms with E-state index in [2.05, 4.69) is 23.9 Å². The summed E-state index contributed by atoms with van der Waals surface area (Å²) in [4.78, 5) is 15.2. The van der Waals surface area contributed by atoms with Crippen LogP contribution in [0.15, 0.2) is 18.2 Å². The van der Waals surface area contributed by atoms with Gasteiger partial charge in [-0.25, -0.2) is 0 Å². The Balaban J connectivity index is 2.22. The van der Waals surface area contributed by atoms with Crippen LogP contribution < -0.4 is 4.90 Å². The van der Waals surface area contributed by atoms with Crippen molar-refractivity contribution in [3.63, 3.8) is 0 Å². The minimum absolute atomic E-state index is 0.0803. The fourth-order valence-electron chi connectivity index (χ4n) is 2.84. The van der Waals surface area contributed by atoms with E-state index in [-0.39, 0.29) is 10.6 Å². The van der Waals surface area contributed by atoms with Gasteiger partial charge in [-0.3, -0.25) is 10.1 Å². The van der Waals surface area contributed by atoms with E-state index < -0.39 is 6.10 Å². The van der Waals surface area contributed by atoms with Crippen LogP contribution in [0.3, 0.4) is 0 Å². The molecule has 0 saturated carbocycles. The fourth-order valence-corrected chi connectivity index (χ4v) is 2.84. The zero-order chi connectivity index (χ0) is 15.6. The Morgan fingerprint density at radius 2 is 2.00 bits per heavy atom. The van der Waals surface area contributed by atoms with E-state index in [0.29, 0.717) is 17.3 Å². The van der Waals surface area contributed by atoms with Gasteiger partial charge in [0.05, 0.1) is 11.0 Å². The van der Waals surface area contributed by atoms with Gasteiger partial charge in [0.15, 0.2) is 0 Å². The van der Waals surface area contributed by atoms with Crippen molar-refractivity contribution >= 4 is 11.4 Å². The van der Waals surface area contributed by atoms with Crippen molar-refractivity contribution in [1.29, 1.82) is 0 Å². The van der Waals surface area contributed by atoms with Gasteiger partial charge in [-0.15, -0.1) is 0 Å². The third-order valence-corrected chi connectivity index (χ3v) is 4.21. The first-order valence-electron chi connectivity index (χ1n) is 7.28. The lowest BCUT2D eigenvalue weighted by Crippen LogP contribution is -2.42. The molecule has 1 fully saturated rings. The highest BCUT2D eigenvalue weighted by molar-refractivity contribution is 5.64. The Morgan fingerprint density at radius 3 is 2.48 bits per heavy atom. The SMILES string of the molecule is C[C@@H](O)c1ccc(N2CCC(N(C)C)CC2)c([N+](=O)[O-])c1. The van der Waals surface area contributed by atoms with E-state index in [1.807, 2.05) is 0 Å². The quantitative estimate of drug-likeness (QED) is 0.680. The number of aliphatic hydroxyl groups excluding tert-OH is 1. The second-order valence-electron chi connectivity index (χ2n) is 5.86. The second-order valence-corrected chi connectivity index (χ2v) is 5.86. The Kier molecular flexibility index (Phi) is 4.80. The predicted octanol–water partition coefficient (Wildman–Crippen LogP) is 2.18. The van der Waals surface area contributed by atoms with Crippen LogP contribution in [-0.4, -0.2) is 48.2 Å². The van der Waals surface area contributed by atoms with E-state index in [4.69, 9.17) is 0 Å². The molecule has 1 aromatic carbocycles. The zero-order valence-corrected chi connectivity index (χ0v) is 12.8. The summed E-state index contributed by atoms with van der Waals surface area (Å²) in [6, 6.07) is 5.55. The maximum absolute atomic E-state index is 11.3. The Hall–Kier alpha value is -1.66. The average Bonchev–Trinajstić information content (AvgIpc) is 2.46. The van der Waals surface area contributed by atoms with Crippen LogP contribution in [0.4, 0.5) is 11.4 Å². The molecular formula is C15H23N3O3. The molecule has 0 radical (unpaired) electrons. The second kappa shape index (κ2) is 6.41. The maximum Gasteiger partial charge on any atom is 0.292 e. The van der Waals surface area contributed by atoms with E-state index >= 15 is 0 Å². The number of piperidine rings is 1. The number of aliphatic hydroxyl groups is 1.